The predicted octanol–water partition coefficient (Wildman–Crippen LogP) is 5.61. The minimum atomic E-state index is 0.304. The van der Waals surface area contributed by atoms with Crippen LogP contribution in [0.2, 0.25) is 10.0 Å². The summed E-state index contributed by atoms with van der Waals surface area (Å²) in [4.78, 5) is 0. The van der Waals surface area contributed by atoms with Crippen molar-refractivity contribution in [2.75, 3.05) is 7.05 Å². The Bertz CT molecular complexity index is 352. The van der Waals surface area contributed by atoms with Crippen LogP contribution in [-0.2, 0) is 0 Å². The van der Waals surface area contributed by atoms with Crippen LogP contribution in [0, 0.1) is 0 Å². The lowest BCUT2D eigenvalue weighted by Gasteiger charge is -2.18. The number of halogens is 2. The Morgan fingerprint density at radius 1 is 1.11 bits per heavy atom. The summed E-state index contributed by atoms with van der Waals surface area (Å²) in [5.74, 6) is 0. The molecule has 0 saturated carbocycles. The number of nitrogens with one attached hydrogen (secondary N) is 1. The highest BCUT2D eigenvalue weighted by atomic mass is 35.5. The molecule has 1 nitrogen and oxygen atoms in total. The largest absolute Gasteiger partial charge is 0.313 e. The minimum Gasteiger partial charge on any atom is -0.313 e. The number of hydrogen-bond donors (Lipinski definition) is 1. The van der Waals surface area contributed by atoms with Gasteiger partial charge in [0.05, 0.1) is 10.0 Å². The maximum absolute atomic E-state index is 6.26. The van der Waals surface area contributed by atoms with Gasteiger partial charge in [0.1, 0.15) is 0 Å². The third-order valence-electron chi connectivity index (χ3n) is 3.30. The van der Waals surface area contributed by atoms with Crippen LogP contribution in [0.25, 0.3) is 0 Å². The first-order chi connectivity index (χ1) is 8.70. The number of hydrogen-bond acceptors (Lipinski definition) is 1. The molecule has 1 unspecified atom stereocenters. The number of unbranched alkanes of at least 4 members (excludes halogenated alkanes) is 4. The first-order valence-electron chi connectivity index (χ1n) is 6.81. The van der Waals surface area contributed by atoms with Crippen molar-refractivity contribution < 1.29 is 0 Å². The van der Waals surface area contributed by atoms with E-state index in [4.69, 9.17) is 23.2 Å². The molecule has 0 aliphatic carbocycles. The zero-order valence-electron chi connectivity index (χ0n) is 11.3. The van der Waals surface area contributed by atoms with Crippen molar-refractivity contribution in [3.05, 3.63) is 33.8 Å². The van der Waals surface area contributed by atoms with Gasteiger partial charge in [-0.25, -0.2) is 0 Å². The van der Waals surface area contributed by atoms with E-state index in [2.05, 4.69) is 18.3 Å². The highest BCUT2D eigenvalue weighted by Crippen LogP contribution is 2.32. The number of rotatable bonds is 8. The summed E-state index contributed by atoms with van der Waals surface area (Å²) in [7, 11) is 1.98. The van der Waals surface area contributed by atoms with Crippen molar-refractivity contribution >= 4 is 23.2 Å². The summed E-state index contributed by atoms with van der Waals surface area (Å²) in [6, 6.07) is 6.16. The van der Waals surface area contributed by atoms with Gasteiger partial charge < -0.3 is 5.32 Å². The van der Waals surface area contributed by atoms with E-state index in [1.54, 1.807) is 0 Å². The quantitative estimate of drug-likeness (QED) is 0.613. The lowest BCUT2D eigenvalue weighted by atomic mass is 10.00. The Morgan fingerprint density at radius 3 is 2.50 bits per heavy atom. The van der Waals surface area contributed by atoms with Crippen LogP contribution < -0.4 is 5.32 Å². The topological polar surface area (TPSA) is 12.0 Å². The smallest absolute Gasteiger partial charge is 0.0640 e. The molecule has 0 amide bonds. The fraction of sp³-hybridized carbons (Fsp3) is 0.600. The molecule has 0 spiro atoms. The average Bonchev–Trinajstić information content (AvgIpc) is 2.38. The van der Waals surface area contributed by atoms with Crippen molar-refractivity contribution in [3.63, 3.8) is 0 Å². The molecule has 1 N–H and O–H groups in total. The molecule has 0 aliphatic rings. The van der Waals surface area contributed by atoms with E-state index in [9.17, 15) is 0 Å². The molecule has 102 valence electrons. The third-order valence-corrected chi connectivity index (χ3v) is 4.14. The van der Waals surface area contributed by atoms with Gasteiger partial charge in [-0.05, 0) is 25.1 Å². The molecule has 18 heavy (non-hydrogen) atoms. The molecule has 0 radical (unpaired) electrons. The van der Waals surface area contributed by atoms with E-state index in [0.29, 0.717) is 16.1 Å². The summed E-state index contributed by atoms with van der Waals surface area (Å²) in [5, 5.41) is 4.66. The van der Waals surface area contributed by atoms with Crippen molar-refractivity contribution in [2.24, 2.45) is 0 Å². The summed E-state index contributed by atoms with van der Waals surface area (Å²) in [6.45, 7) is 2.24. The van der Waals surface area contributed by atoms with Gasteiger partial charge in [0.25, 0.3) is 0 Å². The molecule has 0 aromatic heterocycles. The molecule has 1 aromatic carbocycles. The molecular weight excluding hydrogens is 265 g/mol. The van der Waals surface area contributed by atoms with Crippen LogP contribution in [0.3, 0.4) is 0 Å². The van der Waals surface area contributed by atoms with E-state index in [1.165, 1.54) is 32.1 Å². The van der Waals surface area contributed by atoms with Crippen LogP contribution in [0.1, 0.15) is 57.1 Å². The molecule has 1 aromatic rings. The van der Waals surface area contributed by atoms with E-state index in [-0.39, 0.29) is 0 Å². The lowest BCUT2D eigenvalue weighted by molar-refractivity contribution is 0.501. The Kier molecular flexibility index (Phi) is 7.73. The van der Waals surface area contributed by atoms with Crippen molar-refractivity contribution in [3.8, 4) is 0 Å². The Hall–Kier alpha value is -0.240. The van der Waals surface area contributed by atoms with Gasteiger partial charge in [-0.3, -0.25) is 0 Å². The first kappa shape index (κ1) is 15.8. The van der Waals surface area contributed by atoms with Crippen LogP contribution in [0.4, 0.5) is 0 Å². The summed E-state index contributed by atoms with van der Waals surface area (Å²) < 4.78 is 0. The molecule has 0 aliphatic heterocycles. The third kappa shape index (κ3) is 4.79. The summed E-state index contributed by atoms with van der Waals surface area (Å²) in [5.41, 5.74) is 1.11. The zero-order chi connectivity index (χ0) is 13.4. The van der Waals surface area contributed by atoms with Crippen molar-refractivity contribution in [1.82, 2.24) is 5.32 Å². The fourth-order valence-corrected chi connectivity index (χ4v) is 2.64. The van der Waals surface area contributed by atoms with E-state index >= 15 is 0 Å². The lowest BCUT2D eigenvalue weighted by Crippen LogP contribution is -2.16. The normalized spacial score (nSPS) is 12.7. The SMILES string of the molecule is CCCCCCCC(NC)c1cccc(Cl)c1Cl. The monoisotopic (exact) mass is 287 g/mol. The van der Waals surface area contributed by atoms with Crippen LogP contribution in [0.15, 0.2) is 18.2 Å². The van der Waals surface area contributed by atoms with Gasteiger partial charge in [0.2, 0.25) is 0 Å². The predicted molar refractivity (Wildman–Crippen MR) is 81.6 cm³/mol. The van der Waals surface area contributed by atoms with Crippen molar-refractivity contribution in [1.29, 1.82) is 0 Å². The molecule has 0 bridgehead atoms. The maximum atomic E-state index is 6.26. The molecule has 1 atom stereocenters. The molecule has 0 fully saturated rings. The summed E-state index contributed by atoms with van der Waals surface area (Å²) >= 11 is 12.3. The zero-order valence-corrected chi connectivity index (χ0v) is 12.8. The average molecular weight is 288 g/mol. The van der Waals surface area contributed by atoms with Crippen LogP contribution in [-0.4, -0.2) is 7.05 Å². The first-order valence-corrected chi connectivity index (χ1v) is 7.57. The molecular formula is C15H23Cl2N. The van der Waals surface area contributed by atoms with Gasteiger partial charge >= 0.3 is 0 Å². The standard InChI is InChI=1S/C15H23Cl2N/c1-3-4-5-6-7-11-14(18-2)12-9-8-10-13(16)15(12)17/h8-10,14,18H,3-7,11H2,1-2H3. The second-order valence-electron chi connectivity index (χ2n) is 4.69. The fourth-order valence-electron chi connectivity index (χ4n) is 2.20. The highest BCUT2D eigenvalue weighted by molar-refractivity contribution is 6.42. The Balaban J connectivity index is 2.52. The van der Waals surface area contributed by atoms with Crippen molar-refractivity contribution in [2.45, 2.75) is 51.5 Å². The molecule has 0 saturated heterocycles. The van der Waals surface area contributed by atoms with Crippen LogP contribution in [0.5, 0.6) is 0 Å². The second-order valence-corrected chi connectivity index (χ2v) is 5.47. The Labute approximate surface area is 121 Å². The maximum Gasteiger partial charge on any atom is 0.0640 e. The molecule has 0 heterocycles. The number of benzene rings is 1. The second kappa shape index (κ2) is 8.79. The minimum absolute atomic E-state index is 0.304. The van der Waals surface area contributed by atoms with Gasteiger partial charge in [-0.15, -0.1) is 0 Å². The van der Waals surface area contributed by atoms with Gasteiger partial charge in [-0.2, -0.15) is 0 Å². The summed E-state index contributed by atoms with van der Waals surface area (Å²) in [6.07, 6.45) is 7.59. The van der Waals surface area contributed by atoms with E-state index in [0.717, 1.165) is 12.0 Å². The van der Waals surface area contributed by atoms with Gasteiger partial charge in [0, 0.05) is 6.04 Å². The van der Waals surface area contributed by atoms with Crippen LogP contribution >= 0.6 is 23.2 Å². The molecule has 3 heteroatoms. The molecule has 1 rings (SSSR count). The Morgan fingerprint density at radius 2 is 1.83 bits per heavy atom. The van der Waals surface area contributed by atoms with E-state index in [1.807, 2.05) is 19.2 Å². The van der Waals surface area contributed by atoms with Gasteiger partial charge in [0.15, 0.2) is 0 Å². The highest BCUT2D eigenvalue weighted by Gasteiger charge is 2.13. The van der Waals surface area contributed by atoms with Gasteiger partial charge in [-0.1, -0.05) is 74.4 Å². The van der Waals surface area contributed by atoms with E-state index < -0.39 is 0 Å².